The standard InChI is InChI=1S/C17H27N/c1-13-12-17(3,4)11-10-16(13)18-14(2)15-8-6-5-7-9-15/h5-9,13-14,16,18H,10-12H2,1-4H3. The largest absolute Gasteiger partial charge is 0.307 e. The van der Waals surface area contributed by atoms with Crippen molar-refractivity contribution < 1.29 is 0 Å². The first-order valence-electron chi connectivity index (χ1n) is 7.29. The molecule has 0 saturated heterocycles. The molecule has 1 N–H and O–H groups in total. The zero-order valence-corrected chi connectivity index (χ0v) is 12.2. The van der Waals surface area contributed by atoms with Crippen LogP contribution >= 0.6 is 0 Å². The van der Waals surface area contributed by atoms with Crippen LogP contribution in [0.4, 0.5) is 0 Å². The monoisotopic (exact) mass is 245 g/mol. The number of benzene rings is 1. The van der Waals surface area contributed by atoms with Gasteiger partial charge in [-0.2, -0.15) is 0 Å². The van der Waals surface area contributed by atoms with Crippen molar-refractivity contribution in [1.29, 1.82) is 0 Å². The maximum atomic E-state index is 3.82. The highest BCUT2D eigenvalue weighted by Crippen LogP contribution is 2.39. The average molecular weight is 245 g/mol. The van der Waals surface area contributed by atoms with Gasteiger partial charge in [0.2, 0.25) is 0 Å². The van der Waals surface area contributed by atoms with Crippen molar-refractivity contribution in [1.82, 2.24) is 5.32 Å². The van der Waals surface area contributed by atoms with Crippen molar-refractivity contribution in [3.8, 4) is 0 Å². The van der Waals surface area contributed by atoms with Gasteiger partial charge >= 0.3 is 0 Å². The van der Waals surface area contributed by atoms with E-state index in [2.05, 4.69) is 63.3 Å². The molecule has 1 aromatic carbocycles. The summed E-state index contributed by atoms with van der Waals surface area (Å²) in [6.45, 7) is 9.48. The lowest BCUT2D eigenvalue weighted by Gasteiger charge is -2.40. The fourth-order valence-corrected chi connectivity index (χ4v) is 3.35. The van der Waals surface area contributed by atoms with Crippen LogP contribution in [0.15, 0.2) is 30.3 Å². The van der Waals surface area contributed by atoms with Gasteiger partial charge in [0.1, 0.15) is 0 Å². The van der Waals surface area contributed by atoms with Crippen LogP contribution < -0.4 is 5.32 Å². The van der Waals surface area contributed by atoms with E-state index in [4.69, 9.17) is 0 Å². The van der Waals surface area contributed by atoms with E-state index in [1.54, 1.807) is 0 Å². The van der Waals surface area contributed by atoms with Crippen LogP contribution in [0.1, 0.15) is 58.6 Å². The molecule has 1 fully saturated rings. The van der Waals surface area contributed by atoms with Gasteiger partial charge in [-0.1, -0.05) is 51.1 Å². The third kappa shape index (κ3) is 3.35. The van der Waals surface area contributed by atoms with E-state index >= 15 is 0 Å². The second kappa shape index (κ2) is 5.44. The van der Waals surface area contributed by atoms with E-state index < -0.39 is 0 Å². The van der Waals surface area contributed by atoms with E-state index in [0.717, 1.165) is 5.92 Å². The maximum absolute atomic E-state index is 3.82. The molecule has 3 atom stereocenters. The predicted molar refractivity (Wildman–Crippen MR) is 78.6 cm³/mol. The molecule has 1 nitrogen and oxygen atoms in total. The van der Waals surface area contributed by atoms with Gasteiger partial charge in [0.15, 0.2) is 0 Å². The molecule has 100 valence electrons. The minimum atomic E-state index is 0.458. The summed E-state index contributed by atoms with van der Waals surface area (Å²) in [6.07, 6.45) is 3.99. The Hall–Kier alpha value is -0.820. The summed E-state index contributed by atoms with van der Waals surface area (Å²) in [5.41, 5.74) is 1.93. The van der Waals surface area contributed by atoms with Crippen LogP contribution in [0, 0.1) is 11.3 Å². The third-order valence-electron chi connectivity index (χ3n) is 4.46. The van der Waals surface area contributed by atoms with Gasteiger partial charge < -0.3 is 5.32 Å². The van der Waals surface area contributed by atoms with E-state index in [-0.39, 0.29) is 0 Å². The fraction of sp³-hybridized carbons (Fsp3) is 0.647. The lowest BCUT2D eigenvalue weighted by atomic mass is 9.70. The molecule has 1 aliphatic rings. The van der Waals surface area contributed by atoms with Crippen molar-refractivity contribution in [2.24, 2.45) is 11.3 Å². The lowest BCUT2D eigenvalue weighted by Crippen LogP contribution is -2.42. The Bertz CT molecular complexity index is 368. The summed E-state index contributed by atoms with van der Waals surface area (Å²) >= 11 is 0. The van der Waals surface area contributed by atoms with Crippen LogP contribution in [0.3, 0.4) is 0 Å². The Morgan fingerprint density at radius 3 is 2.50 bits per heavy atom. The Morgan fingerprint density at radius 1 is 1.22 bits per heavy atom. The molecule has 18 heavy (non-hydrogen) atoms. The lowest BCUT2D eigenvalue weighted by molar-refractivity contribution is 0.143. The van der Waals surface area contributed by atoms with Gasteiger partial charge in [-0.05, 0) is 43.1 Å². The van der Waals surface area contributed by atoms with Crippen molar-refractivity contribution in [3.63, 3.8) is 0 Å². The summed E-state index contributed by atoms with van der Waals surface area (Å²) < 4.78 is 0. The molecule has 0 aromatic heterocycles. The second-order valence-electron chi connectivity index (χ2n) is 6.79. The van der Waals surface area contributed by atoms with Gasteiger partial charge in [-0.3, -0.25) is 0 Å². The minimum Gasteiger partial charge on any atom is -0.307 e. The summed E-state index contributed by atoms with van der Waals surface area (Å²) in [4.78, 5) is 0. The summed E-state index contributed by atoms with van der Waals surface area (Å²) in [6, 6.07) is 11.9. The minimum absolute atomic E-state index is 0.458. The summed E-state index contributed by atoms with van der Waals surface area (Å²) in [5.74, 6) is 0.778. The number of hydrogen-bond acceptors (Lipinski definition) is 1. The molecule has 0 bridgehead atoms. The Labute approximate surface area is 112 Å². The number of rotatable bonds is 3. The average Bonchev–Trinajstić information content (AvgIpc) is 2.33. The summed E-state index contributed by atoms with van der Waals surface area (Å²) in [5, 5.41) is 3.82. The zero-order chi connectivity index (χ0) is 13.2. The molecular formula is C17H27N. The molecule has 3 unspecified atom stereocenters. The van der Waals surface area contributed by atoms with Gasteiger partial charge in [0, 0.05) is 12.1 Å². The molecular weight excluding hydrogens is 218 g/mol. The van der Waals surface area contributed by atoms with Gasteiger partial charge in [-0.25, -0.2) is 0 Å². The molecule has 0 amide bonds. The topological polar surface area (TPSA) is 12.0 Å². The van der Waals surface area contributed by atoms with Gasteiger partial charge in [0.05, 0.1) is 0 Å². The highest BCUT2D eigenvalue weighted by Gasteiger charge is 2.32. The zero-order valence-electron chi connectivity index (χ0n) is 12.2. The smallest absolute Gasteiger partial charge is 0.0294 e. The molecule has 1 aromatic rings. The first-order chi connectivity index (χ1) is 8.48. The molecule has 1 aliphatic carbocycles. The molecule has 2 rings (SSSR count). The van der Waals surface area contributed by atoms with E-state index in [0.29, 0.717) is 17.5 Å². The first-order valence-corrected chi connectivity index (χ1v) is 7.29. The second-order valence-corrected chi connectivity index (χ2v) is 6.79. The maximum Gasteiger partial charge on any atom is 0.0294 e. The highest BCUT2D eigenvalue weighted by atomic mass is 15.0. The van der Waals surface area contributed by atoms with E-state index in [1.165, 1.54) is 24.8 Å². The number of nitrogens with one attached hydrogen (secondary N) is 1. The van der Waals surface area contributed by atoms with Crippen molar-refractivity contribution in [2.45, 2.75) is 59.0 Å². The van der Waals surface area contributed by atoms with Gasteiger partial charge in [0.25, 0.3) is 0 Å². The Morgan fingerprint density at radius 2 is 1.89 bits per heavy atom. The Kier molecular flexibility index (Phi) is 4.11. The van der Waals surface area contributed by atoms with Crippen LogP contribution in [-0.2, 0) is 0 Å². The highest BCUT2D eigenvalue weighted by molar-refractivity contribution is 5.18. The number of hydrogen-bond donors (Lipinski definition) is 1. The molecule has 0 spiro atoms. The fourth-order valence-electron chi connectivity index (χ4n) is 3.35. The van der Waals surface area contributed by atoms with Crippen LogP contribution in [-0.4, -0.2) is 6.04 Å². The molecule has 0 heterocycles. The van der Waals surface area contributed by atoms with Crippen molar-refractivity contribution >= 4 is 0 Å². The third-order valence-corrected chi connectivity index (χ3v) is 4.46. The normalized spacial score (nSPS) is 28.9. The van der Waals surface area contributed by atoms with E-state index in [1.807, 2.05) is 0 Å². The first kappa shape index (κ1) is 13.6. The Balaban J connectivity index is 1.94. The van der Waals surface area contributed by atoms with E-state index in [9.17, 15) is 0 Å². The quantitative estimate of drug-likeness (QED) is 0.823. The van der Waals surface area contributed by atoms with Crippen molar-refractivity contribution in [2.75, 3.05) is 0 Å². The van der Waals surface area contributed by atoms with Crippen LogP contribution in [0.25, 0.3) is 0 Å². The molecule has 1 heteroatoms. The van der Waals surface area contributed by atoms with Gasteiger partial charge in [-0.15, -0.1) is 0 Å². The van der Waals surface area contributed by atoms with Crippen molar-refractivity contribution in [3.05, 3.63) is 35.9 Å². The molecule has 0 aliphatic heterocycles. The SMILES string of the molecule is CC(NC1CCC(C)(C)CC1C)c1ccccc1. The summed E-state index contributed by atoms with van der Waals surface area (Å²) in [7, 11) is 0. The predicted octanol–water partition coefficient (Wildman–Crippen LogP) is 4.55. The molecule has 0 radical (unpaired) electrons. The van der Waals surface area contributed by atoms with Crippen LogP contribution in [0.5, 0.6) is 0 Å². The van der Waals surface area contributed by atoms with Crippen LogP contribution in [0.2, 0.25) is 0 Å². The molecule has 1 saturated carbocycles.